The first kappa shape index (κ1) is 19.3. The molecule has 4 fully saturated rings. The number of hydrogen-bond donors (Lipinski definition) is 1. The third-order valence-electron chi connectivity index (χ3n) is 7.00. The van der Waals surface area contributed by atoms with E-state index in [1.54, 1.807) is 18.2 Å². The topological polar surface area (TPSA) is 59.4 Å². The number of benzene rings is 1. The standard InChI is InChI=1S/C23H23Cl2NO3/c24-17-7-20(25)22(26-12-17)29-18-3-1-2-14(6-18)21(27)8-19-15-4-13-5-16(19)11-23(28,9-13)10-15/h1-3,6-7,12-13,15-16,19,28H,4-5,8-11H2. The first-order valence-corrected chi connectivity index (χ1v) is 11.0. The lowest BCUT2D eigenvalue weighted by Gasteiger charge is -2.58. The van der Waals surface area contributed by atoms with Gasteiger partial charge in [-0.05, 0) is 74.0 Å². The van der Waals surface area contributed by atoms with Gasteiger partial charge in [-0.2, -0.15) is 0 Å². The summed E-state index contributed by atoms with van der Waals surface area (Å²) in [5.74, 6) is 2.91. The zero-order chi connectivity index (χ0) is 20.2. The second kappa shape index (κ2) is 7.26. The van der Waals surface area contributed by atoms with E-state index in [0.29, 0.717) is 51.5 Å². The van der Waals surface area contributed by atoms with E-state index in [4.69, 9.17) is 27.9 Å². The lowest BCUT2D eigenvalue weighted by atomic mass is 9.49. The number of nitrogens with zero attached hydrogens (tertiary/aromatic N) is 1. The summed E-state index contributed by atoms with van der Waals surface area (Å²) in [6, 6.07) is 8.74. The number of carbonyl (C=O) groups is 1. The molecular formula is C23H23Cl2NO3. The van der Waals surface area contributed by atoms with E-state index in [2.05, 4.69) is 4.98 Å². The van der Waals surface area contributed by atoms with E-state index in [1.807, 2.05) is 12.1 Å². The van der Waals surface area contributed by atoms with Crippen LogP contribution in [0.4, 0.5) is 0 Å². The van der Waals surface area contributed by atoms with Gasteiger partial charge in [0.1, 0.15) is 10.8 Å². The first-order chi connectivity index (χ1) is 13.9. The number of pyridine rings is 1. The largest absolute Gasteiger partial charge is 0.438 e. The molecule has 4 nitrogen and oxygen atoms in total. The Morgan fingerprint density at radius 2 is 1.93 bits per heavy atom. The van der Waals surface area contributed by atoms with Gasteiger partial charge in [-0.1, -0.05) is 35.3 Å². The average Bonchev–Trinajstić information content (AvgIpc) is 2.66. The number of hydrogen-bond acceptors (Lipinski definition) is 4. The van der Waals surface area contributed by atoms with Crippen LogP contribution in [0.2, 0.25) is 10.0 Å². The third-order valence-corrected chi connectivity index (χ3v) is 7.48. The number of Topliss-reactive ketones (excluding diaryl/α,β-unsaturated/α-hetero) is 1. The Morgan fingerprint density at radius 1 is 1.17 bits per heavy atom. The molecule has 6 heteroatoms. The molecule has 2 atom stereocenters. The van der Waals surface area contributed by atoms with Crippen LogP contribution in [-0.4, -0.2) is 21.5 Å². The second-order valence-electron chi connectivity index (χ2n) is 9.06. The van der Waals surface area contributed by atoms with Gasteiger partial charge in [0.2, 0.25) is 5.88 Å². The molecule has 1 heterocycles. The summed E-state index contributed by atoms with van der Waals surface area (Å²) in [5, 5.41) is 11.5. The molecule has 0 radical (unpaired) electrons. The summed E-state index contributed by atoms with van der Waals surface area (Å²) in [6.45, 7) is 0. The number of halogens is 2. The maximum atomic E-state index is 13.1. The van der Waals surface area contributed by atoms with E-state index in [0.717, 1.165) is 19.3 Å². The maximum Gasteiger partial charge on any atom is 0.238 e. The minimum absolute atomic E-state index is 0.134. The van der Waals surface area contributed by atoms with Gasteiger partial charge in [-0.3, -0.25) is 4.79 Å². The van der Waals surface area contributed by atoms with E-state index >= 15 is 0 Å². The molecule has 0 amide bonds. The van der Waals surface area contributed by atoms with Gasteiger partial charge in [0.05, 0.1) is 10.6 Å². The maximum absolute atomic E-state index is 13.1. The van der Waals surface area contributed by atoms with Gasteiger partial charge >= 0.3 is 0 Å². The van der Waals surface area contributed by atoms with Crippen LogP contribution in [0.3, 0.4) is 0 Å². The van der Waals surface area contributed by atoms with Crippen molar-refractivity contribution in [2.45, 2.75) is 44.1 Å². The Kier molecular flexibility index (Phi) is 4.84. The summed E-state index contributed by atoms with van der Waals surface area (Å²) in [6.07, 6.45) is 7.03. The van der Waals surface area contributed by atoms with E-state index < -0.39 is 5.60 Å². The highest BCUT2D eigenvalue weighted by molar-refractivity contribution is 6.35. The number of ether oxygens (including phenoxy) is 1. The van der Waals surface area contributed by atoms with Crippen LogP contribution in [0.5, 0.6) is 11.6 Å². The van der Waals surface area contributed by atoms with E-state index in [-0.39, 0.29) is 11.7 Å². The van der Waals surface area contributed by atoms with Crippen molar-refractivity contribution in [2.75, 3.05) is 0 Å². The SMILES string of the molecule is O=C(CC1C2CC3CC1CC(O)(C3)C2)c1cccc(Oc2ncc(Cl)cc2Cl)c1. The highest BCUT2D eigenvalue weighted by Gasteiger charge is 2.54. The molecule has 4 saturated carbocycles. The molecule has 0 saturated heterocycles. The monoisotopic (exact) mass is 431 g/mol. The third kappa shape index (κ3) is 3.78. The lowest BCUT2D eigenvalue weighted by molar-refractivity contribution is -0.151. The number of ketones is 1. The molecule has 4 bridgehead atoms. The normalized spacial score (nSPS) is 32.4. The molecule has 1 N–H and O–H groups in total. The van der Waals surface area contributed by atoms with Crippen molar-refractivity contribution < 1.29 is 14.6 Å². The fourth-order valence-corrected chi connectivity index (χ4v) is 6.49. The molecule has 0 spiro atoms. The predicted octanol–water partition coefficient (Wildman–Crippen LogP) is 5.94. The van der Waals surface area contributed by atoms with Crippen LogP contribution in [-0.2, 0) is 0 Å². The summed E-state index contributed by atoms with van der Waals surface area (Å²) < 4.78 is 5.77. The predicted molar refractivity (Wildman–Crippen MR) is 112 cm³/mol. The molecule has 4 aliphatic carbocycles. The Balaban J connectivity index is 1.30. The minimum Gasteiger partial charge on any atom is -0.438 e. The Labute approximate surface area is 180 Å². The lowest BCUT2D eigenvalue weighted by Crippen LogP contribution is -2.54. The highest BCUT2D eigenvalue weighted by Crippen LogP contribution is 2.59. The molecular weight excluding hydrogens is 409 g/mol. The van der Waals surface area contributed by atoms with Gasteiger partial charge in [0.15, 0.2) is 5.78 Å². The number of aliphatic hydroxyl groups is 1. The van der Waals surface area contributed by atoms with Crippen molar-refractivity contribution in [3.8, 4) is 11.6 Å². The van der Waals surface area contributed by atoms with Crippen LogP contribution in [0.25, 0.3) is 0 Å². The second-order valence-corrected chi connectivity index (χ2v) is 9.90. The van der Waals surface area contributed by atoms with Crippen molar-refractivity contribution in [2.24, 2.45) is 23.7 Å². The first-order valence-electron chi connectivity index (χ1n) is 10.2. The van der Waals surface area contributed by atoms with Gasteiger partial charge in [-0.15, -0.1) is 0 Å². The molecule has 0 aliphatic heterocycles. The Morgan fingerprint density at radius 3 is 2.62 bits per heavy atom. The Hall–Kier alpha value is -1.62. The number of rotatable bonds is 5. The summed E-state index contributed by atoms with van der Waals surface area (Å²) in [5.41, 5.74) is 0.175. The van der Waals surface area contributed by atoms with Crippen molar-refractivity contribution >= 4 is 29.0 Å². The Bertz CT molecular complexity index is 947. The zero-order valence-electron chi connectivity index (χ0n) is 16.0. The van der Waals surface area contributed by atoms with Crippen LogP contribution in [0.1, 0.15) is 48.9 Å². The van der Waals surface area contributed by atoms with Gasteiger partial charge in [0.25, 0.3) is 0 Å². The summed E-state index contributed by atoms with van der Waals surface area (Å²) in [4.78, 5) is 17.2. The number of aromatic nitrogens is 1. The van der Waals surface area contributed by atoms with Crippen molar-refractivity contribution in [1.29, 1.82) is 0 Å². The van der Waals surface area contributed by atoms with E-state index in [1.165, 1.54) is 19.0 Å². The summed E-state index contributed by atoms with van der Waals surface area (Å²) >= 11 is 12.0. The molecule has 4 aliphatic rings. The van der Waals surface area contributed by atoms with Crippen molar-refractivity contribution in [3.63, 3.8) is 0 Å². The molecule has 2 unspecified atom stereocenters. The molecule has 152 valence electrons. The molecule has 2 aromatic rings. The number of carbonyl (C=O) groups excluding carboxylic acids is 1. The quantitative estimate of drug-likeness (QED) is 0.594. The van der Waals surface area contributed by atoms with Crippen molar-refractivity contribution in [3.05, 3.63) is 52.1 Å². The van der Waals surface area contributed by atoms with Crippen LogP contribution >= 0.6 is 23.2 Å². The van der Waals surface area contributed by atoms with Gasteiger partial charge in [0, 0.05) is 18.2 Å². The van der Waals surface area contributed by atoms with Gasteiger partial charge in [-0.25, -0.2) is 4.98 Å². The average molecular weight is 432 g/mol. The van der Waals surface area contributed by atoms with Crippen molar-refractivity contribution in [1.82, 2.24) is 4.98 Å². The van der Waals surface area contributed by atoms with Gasteiger partial charge < -0.3 is 9.84 Å². The smallest absolute Gasteiger partial charge is 0.238 e. The molecule has 1 aromatic heterocycles. The molecule has 6 rings (SSSR count). The minimum atomic E-state index is -0.464. The fourth-order valence-electron chi connectivity index (χ4n) is 6.07. The highest BCUT2D eigenvalue weighted by atomic mass is 35.5. The zero-order valence-corrected chi connectivity index (χ0v) is 17.5. The van der Waals surface area contributed by atoms with Crippen LogP contribution in [0.15, 0.2) is 36.5 Å². The van der Waals surface area contributed by atoms with E-state index in [9.17, 15) is 9.90 Å². The van der Waals surface area contributed by atoms with Crippen LogP contribution in [0, 0.1) is 23.7 Å². The molecule has 29 heavy (non-hydrogen) atoms. The van der Waals surface area contributed by atoms with Crippen LogP contribution < -0.4 is 4.74 Å². The summed E-state index contributed by atoms with van der Waals surface area (Å²) in [7, 11) is 0. The molecule has 1 aromatic carbocycles. The fraction of sp³-hybridized carbons (Fsp3) is 0.478.